The van der Waals surface area contributed by atoms with Crippen LogP contribution in [0.3, 0.4) is 0 Å². The second kappa shape index (κ2) is 9.09. The molecule has 23 heavy (non-hydrogen) atoms. The molecular formula is C17H20FI3O2-2. The molecular weight excluding hydrogens is 636 g/mol. The monoisotopic (exact) mass is 656 g/mol. The van der Waals surface area contributed by atoms with Crippen molar-refractivity contribution in [2.24, 2.45) is 0 Å². The molecule has 0 aliphatic carbocycles. The summed E-state index contributed by atoms with van der Waals surface area (Å²) in [6.07, 6.45) is 6.35. The number of rotatable bonds is 4. The Morgan fingerprint density at radius 3 is 2.74 bits per heavy atom. The van der Waals surface area contributed by atoms with Gasteiger partial charge in [0, 0.05) is 0 Å². The molecule has 3 atom stereocenters. The van der Waals surface area contributed by atoms with E-state index < -0.39 is 0 Å². The zero-order chi connectivity index (χ0) is 16.2. The van der Waals surface area contributed by atoms with E-state index in [9.17, 15) is 4.39 Å². The van der Waals surface area contributed by atoms with Gasteiger partial charge in [0.25, 0.3) is 0 Å². The Kier molecular flexibility index (Phi) is 7.42. The van der Waals surface area contributed by atoms with E-state index in [1.54, 1.807) is 6.07 Å². The molecule has 1 aromatic carbocycles. The third-order valence-electron chi connectivity index (χ3n) is 3.80. The van der Waals surface area contributed by atoms with E-state index in [4.69, 9.17) is 9.47 Å². The van der Waals surface area contributed by atoms with Crippen LogP contribution in [0.4, 0.5) is 4.39 Å². The van der Waals surface area contributed by atoms with Crippen molar-refractivity contribution in [3.63, 3.8) is 0 Å². The molecule has 0 bridgehead atoms. The van der Waals surface area contributed by atoms with Gasteiger partial charge in [0.1, 0.15) is 0 Å². The first-order chi connectivity index (χ1) is 11.1. The number of hydrogen-bond acceptors (Lipinski definition) is 2. The molecule has 0 radical (unpaired) electrons. The number of hydrogen-bond donors (Lipinski definition) is 0. The molecule has 1 saturated heterocycles. The first-order valence-electron chi connectivity index (χ1n) is 7.74. The summed E-state index contributed by atoms with van der Waals surface area (Å²) in [5.41, 5.74) is 0. The van der Waals surface area contributed by atoms with Crippen molar-refractivity contribution < 1.29 is 56.3 Å². The molecule has 0 N–H and O–H groups in total. The van der Waals surface area contributed by atoms with Crippen molar-refractivity contribution in [2.45, 2.75) is 40.3 Å². The van der Waals surface area contributed by atoms with Crippen LogP contribution < -0.4 is 42.4 Å². The van der Waals surface area contributed by atoms with Gasteiger partial charge in [0.05, 0.1) is 0 Å². The minimum absolute atomic E-state index is 0.0358. The molecule has 1 aromatic rings. The molecule has 0 amide bonds. The van der Waals surface area contributed by atoms with Crippen LogP contribution in [0.15, 0.2) is 27.9 Å². The Morgan fingerprint density at radius 2 is 2.09 bits per heavy atom. The van der Waals surface area contributed by atoms with Crippen LogP contribution >= 0.6 is 22.6 Å². The second-order valence-corrected chi connectivity index (χ2v) is 13.9. The third-order valence-corrected chi connectivity index (χ3v) is 11.0. The second-order valence-electron chi connectivity index (χ2n) is 5.70. The van der Waals surface area contributed by atoms with E-state index in [0.29, 0.717) is 13.8 Å². The molecule has 0 saturated carbocycles. The van der Waals surface area contributed by atoms with Gasteiger partial charge < -0.3 is 0 Å². The van der Waals surface area contributed by atoms with Crippen molar-refractivity contribution in [1.82, 2.24) is 0 Å². The number of alkyl halides is 2. The van der Waals surface area contributed by atoms with Crippen molar-refractivity contribution in [2.75, 3.05) is 13.2 Å². The van der Waals surface area contributed by atoms with Crippen LogP contribution in [0.1, 0.15) is 26.2 Å². The van der Waals surface area contributed by atoms with Gasteiger partial charge in [-0.1, -0.05) is 0 Å². The first-order valence-corrected chi connectivity index (χ1v) is 13.5. The zero-order valence-corrected chi connectivity index (χ0v) is 19.4. The Hall–Kier alpha value is 1.000. The van der Waals surface area contributed by atoms with Gasteiger partial charge in [-0.25, -0.2) is 0 Å². The predicted molar refractivity (Wildman–Crippen MR) is 88.7 cm³/mol. The Morgan fingerprint density at radius 1 is 1.22 bits per heavy atom. The number of ether oxygens (including phenoxy) is 2. The van der Waals surface area contributed by atoms with Crippen molar-refractivity contribution in [1.29, 1.82) is 0 Å². The van der Waals surface area contributed by atoms with Crippen molar-refractivity contribution in [3.05, 3.63) is 40.8 Å². The van der Waals surface area contributed by atoms with Gasteiger partial charge in [-0.3, -0.25) is 0 Å². The fraction of sp³-hybridized carbons (Fsp3) is 0.529. The molecule has 130 valence electrons. The first kappa shape index (κ1) is 18.8. The summed E-state index contributed by atoms with van der Waals surface area (Å²) in [5.74, 6) is -0.104. The average molecular weight is 656 g/mol. The molecule has 3 unspecified atom stereocenters. The minimum atomic E-state index is -0.293. The average Bonchev–Trinajstić information content (AvgIpc) is 2.55. The summed E-state index contributed by atoms with van der Waals surface area (Å²) in [7, 11) is 0. The van der Waals surface area contributed by atoms with E-state index in [1.807, 2.05) is 34.7 Å². The normalized spacial score (nSPS) is 28.8. The number of benzene rings is 1. The molecule has 3 rings (SSSR count). The fourth-order valence-electron chi connectivity index (χ4n) is 2.48. The standard InChI is InChI=1S/C17H20FI3O2/c1-11-2-3-13(9-22-11)20-14-5-7-17(23-10-14)21-12-4-6-16(19)15(18)8-12/h4-6,8,11,13,17H,2-3,7,9-10H2,1H3/q-2. The van der Waals surface area contributed by atoms with Crippen LogP contribution in [-0.2, 0) is 9.47 Å². The summed E-state index contributed by atoms with van der Waals surface area (Å²) in [5, 5.41) is 0. The summed E-state index contributed by atoms with van der Waals surface area (Å²) in [6, 6.07) is 5.60. The van der Waals surface area contributed by atoms with E-state index in [-0.39, 0.29) is 48.2 Å². The summed E-state index contributed by atoms with van der Waals surface area (Å²) >= 11 is 1.77. The van der Waals surface area contributed by atoms with Crippen LogP contribution in [0, 0.1) is 13.0 Å². The van der Waals surface area contributed by atoms with Crippen LogP contribution in [0.25, 0.3) is 0 Å². The summed E-state index contributed by atoms with van der Waals surface area (Å²) < 4.78 is 29.9. The molecule has 2 aliphatic heterocycles. The fourth-order valence-corrected chi connectivity index (χ4v) is 8.39. The van der Waals surface area contributed by atoms with E-state index in [2.05, 4.69) is 13.0 Å². The summed E-state index contributed by atoms with van der Waals surface area (Å²) in [4.78, 5) is 0. The van der Waals surface area contributed by atoms with Crippen molar-refractivity contribution >= 4 is 22.6 Å². The van der Waals surface area contributed by atoms with E-state index >= 15 is 0 Å². The Labute approximate surface area is 171 Å². The molecule has 1 fully saturated rings. The van der Waals surface area contributed by atoms with Gasteiger partial charge >= 0.3 is 173 Å². The Balaban J connectivity index is 1.48. The Bertz CT molecular complexity index is 571. The van der Waals surface area contributed by atoms with Gasteiger partial charge in [-0.2, -0.15) is 0 Å². The number of halogens is 4. The maximum absolute atomic E-state index is 13.6. The van der Waals surface area contributed by atoms with Gasteiger partial charge in [0.15, 0.2) is 0 Å². The molecule has 0 aromatic heterocycles. The quantitative estimate of drug-likeness (QED) is 0.212. The maximum atomic E-state index is 13.6. The topological polar surface area (TPSA) is 18.5 Å². The van der Waals surface area contributed by atoms with E-state index in [1.165, 1.54) is 16.4 Å². The third kappa shape index (κ3) is 5.75. The molecule has 2 aliphatic rings. The predicted octanol–water partition coefficient (Wildman–Crippen LogP) is -2.02. The van der Waals surface area contributed by atoms with Crippen molar-refractivity contribution in [3.8, 4) is 0 Å². The van der Waals surface area contributed by atoms with E-state index in [0.717, 1.165) is 27.1 Å². The molecule has 0 spiro atoms. The van der Waals surface area contributed by atoms with Gasteiger partial charge in [-0.15, -0.1) is 0 Å². The molecule has 6 heteroatoms. The SMILES string of the molecule is CC1CCC([I-]C2=CCC([I-]c3ccc(I)c(F)c3)OC2)CO1. The van der Waals surface area contributed by atoms with Crippen LogP contribution in [0.5, 0.6) is 0 Å². The zero-order valence-electron chi connectivity index (χ0n) is 12.9. The van der Waals surface area contributed by atoms with Gasteiger partial charge in [-0.05, 0) is 0 Å². The van der Waals surface area contributed by atoms with Gasteiger partial charge in [0.2, 0.25) is 0 Å². The van der Waals surface area contributed by atoms with Crippen LogP contribution in [-0.4, -0.2) is 27.4 Å². The van der Waals surface area contributed by atoms with Crippen LogP contribution in [0.2, 0.25) is 0 Å². The summed E-state index contributed by atoms with van der Waals surface area (Å²) in [6.45, 7) is 3.89. The molecule has 2 nitrogen and oxygen atoms in total. The molecule has 2 heterocycles.